The Morgan fingerprint density at radius 2 is 2.17 bits per heavy atom. The van der Waals surface area contributed by atoms with Crippen molar-refractivity contribution >= 4 is 23.4 Å². The molecule has 1 aromatic rings. The molecule has 0 radical (unpaired) electrons. The first-order valence-corrected chi connectivity index (χ1v) is 6.64. The van der Waals surface area contributed by atoms with E-state index in [9.17, 15) is 9.90 Å². The molecule has 0 bridgehead atoms. The Labute approximate surface area is 112 Å². The van der Waals surface area contributed by atoms with Crippen LogP contribution in [0.4, 0.5) is 5.82 Å². The van der Waals surface area contributed by atoms with Gasteiger partial charge in [0, 0.05) is 13.1 Å². The molecule has 0 amide bonds. The summed E-state index contributed by atoms with van der Waals surface area (Å²) in [5.74, 6) is 0.296. The van der Waals surface area contributed by atoms with Crippen molar-refractivity contribution in [3.05, 3.63) is 22.8 Å². The van der Waals surface area contributed by atoms with Gasteiger partial charge in [-0.15, -0.1) is 0 Å². The zero-order chi connectivity index (χ0) is 13.1. The molecule has 0 saturated carbocycles. The van der Waals surface area contributed by atoms with Crippen molar-refractivity contribution < 1.29 is 9.90 Å². The van der Waals surface area contributed by atoms with Crippen molar-refractivity contribution in [1.29, 1.82) is 0 Å². The third-order valence-corrected chi connectivity index (χ3v) is 3.77. The van der Waals surface area contributed by atoms with E-state index in [2.05, 4.69) is 11.9 Å². The number of carboxylic acid groups (broad SMARTS) is 1. The van der Waals surface area contributed by atoms with Gasteiger partial charge in [0.2, 0.25) is 0 Å². The minimum atomic E-state index is -0.952. The van der Waals surface area contributed by atoms with E-state index >= 15 is 0 Å². The number of hydrogen-bond acceptors (Lipinski definition) is 3. The van der Waals surface area contributed by atoms with Crippen LogP contribution in [-0.2, 0) is 0 Å². The van der Waals surface area contributed by atoms with Crippen LogP contribution in [0.15, 0.2) is 12.1 Å². The molecule has 1 fully saturated rings. The number of rotatable bonds is 3. The molecule has 4 nitrogen and oxygen atoms in total. The number of piperidine rings is 1. The quantitative estimate of drug-likeness (QED) is 0.856. The molecule has 0 aromatic carbocycles. The third-order valence-electron chi connectivity index (χ3n) is 3.56. The Balaban J connectivity index is 2.22. The van der Waals surface area contributed by atoms with E-state index < -0.39 is 5.97 Å². The van der Waals surface area contributed by atoms with Gasteiger partial charge in [0.1, 0.15) is 16.5 Å². The zero-order valence-electron chi connectivity index (χ0n) is 10.4. The molecule has 0 unspecified atom stereocenters. The van der Waals surface area contributed by atoms with Crippen molar-refractivity contribution in [2.24, 2.45) is 5.92 Å². The van der Waals surface area contributed by atoms with Gasteiger partial charge in [-0.25, -0.2) is 9.78 Å². The van der Waals surface area contributed by atoms with E-state index in [-0.39, 0.29) is 5.56 Å². The van der Waals surface area contributed by atoms with Gasteiger partial charge in [0.05, 0.1) is 0 Å². The van der Waals surface area contributed by atoms with Gasteiger partial charge in [-0.1, -0.05) is 24.9 Å². The van der Waals surface area contributed by atoms with Crippen LogP contribution in [0.2, 0.25) is 5.15 Å². The fraction of sp³-hybridized carbons (Fsp3) is 0.538. The summed E-state index contributed by atoms with van der Waals surface area (Å²) in [6.45, 7) is 3.90. The summed E-state index contributed by atoms with van der Waals surface area (Å²) in [6, 6.07) is 3.05. The number of halogens is 1. The summed E-state index contributed by atoms with van der Waals surface area (Å²) in [5, 5.41) is 9.52. The van der Waals surface area contributed by atoms with Gasteiger partial charge in [-0.2, -0.15) is 0 Å². The first kappa shape index (κ1) is 13.1. The summed E-state index contributed by atoms with van der Waals surface area (Å²) in [4.78, 5) is 17.4. The molecule has 1 N–H and O–H groups in total. The predicted molar refractivity (Wildman–Crippen MR) is 71.4 cm³/mol. The van der Waals surface area contributed by atoms with Crippen molar-refractivity contribution in [2.75, 3.05) is 18.0 Å². The average Bonchev–Trinajstić information content (AvgIpc) is 2.38. The number of carbonyl (C=O) groups is 1. The van der Waals surface area contributed by atoms with E-state index in [1.165, 1.54) is 18.6 Å². The SMILES string of the molecule is CCC1CCN(c2nc(Cl)ccc2C(=O)O)CC1. The van der Waals surface area contributed by atoms with Gasteiger partial charge in [-0.05, 0) is 30.9 Å². The predicted octanol–water partition coefficient (Wildman–Crippen LogP) is 3.06. The molecule has 98 valence electrons. The summed E-state index contributed by atoms with van der Waals surface area (Å²) in [5.41, 5.74) is 0.231. The standard InChI is InChI=1S/C13H17ClN2O2/c1-2-9-5-7-16(8-6-9)12-10(13(17)18)3-4-11(14)15-12/h3-4,9H,2,5-8H2,1H3,(H,17,18). The molecule has 2 rings (SSSR count). The first-order valence-electron chi connectivity index (χ1n) is 6.26. The van der Waals surface area contributed by atoms with Crippen LogP contribution in [0.25, 0.3) is 0 Å². The molecule has 0 spiro atoms. The molecule has 0 aliphatic carbocycles. The van der Waals surface area contributed by atoms with Crippen molar-refractivity contribution in [1.82, 2.24) is 4.98 Å². The lowest BCUT2D eigenvalue weighted by Gasteiger charge is -2.33. The summed E-state index contributed by atoms with van der Waals surface area (Å²) < 4.78 is 0. The molecule has 18 heavy (non-hydrogen) atoms. The number of aromatic carboxylic acids is 1. The van der Waals surface area contributed by atoms with Crippen LogP contribution >= 0.6 is 11.6 Å². The van der Waals surface area contributed by atoms with Crippen LogP contribution in [0.3, 0.4) is 0 Å². The fourth-order valence-corrected chi connectivity index (χ4v) is 2.53. The van der Waals surface area contributed by atoms with E-state index in [4.69, 9.17) is 11.6 Å². The van der Waals surface area contributed by atoms with Crippen molar-refractivity contribution in [2.45, 2.75) is 26.2 Å². The largest absolute Gasteiger partial charge is 0.478 e. The van der Waals surface area contributed by atoms with Gasteiger partial charge in [-0.3, -0.25) is 0 Å². The van der Waals surface area contributed by atoms with Crippen LogP contribution < -0.4 is 4.90 Å². The van der Waals surface area contributed by atoms with Gasteiger partial charge >= 0.3 is 5.97 Å². The van der Waals surface area contributed by atoms with E-state index in [1.807, 2.05) is 4.90 Å². The second kappa shape index (κ2) is 5.57. The first-order chi connectivity index (χ1) is 8.61. The Hall–Kier alpha value is -1.29. The highest BCUT2D eigenvalue weighted by Crippen LogP contribution is 2.27. The molecular formula is C13H17ClN2O2. The van der Waals surface area contributed by atoms with Crippen LogP contribution in [0.5, 0.6) is 0 Å². The lowest BCUT2D eigenvalue weighted by atomic mass is 9.94. The van der Waals surface area contributed by atoms with Gasteiger partial charge in [0.15, 0.2) is 0 Å². The maximum Gasteiger partial charge on any atom is 0.339 e. The molecule has 1 aliphatic rings. The lowest BCUT2D eigenvalue weighted by molar-refractivity contribution is 0.0697. The van der Waals surface area contributed by atoms with Crippen LogP contribution in [0.1, 0.15) is 36.5 Å². The molecule has 1 saturated heterocycles. The Morgan fingerprint density at radius 1 is 1.50 bits per heavy atom. The van der Waals surface area contributed by atoms with Crippen LogP contribution in [0, 0.1) is 5.92 Å². The molecule has 5 heteroatoms. The molecule has 2 heterocycles. The normalized spacial score (nSPS) is 16.9. The molecular weight excluding hydrogens is 252 g/mol. The Morgan fingerprint density at radius 3 is 2.72 bits per heavy atom. The monoisotopic (exact) mass is 268 g/mol. The topological polar surface area (TPSA) is 53.4 Å². The fourth-order valence-electron chi connectivity index (χ4n) is 2.39. The van der Waals surface area contributed by atoms with E-state index in [0.29, 0.717) is 11.0 Å². The van der Waals surface area contributed by atoms with Gasteiger partial charge in [0.25, 0.3) is 0 Å². The second-order valence-electron chi connectivity index (χ2n) is 4.65. The highest BCUT2D eigenvalue weighted by molar-refractivity contribution is 6.29. The second-order valence-corrected chi connectivity index (χ2v) is 5.04. The highest BCUT2D eigenvalue weighted by atomic mass is 35.5. The third kappa shape index (κ3) is 2.75. The highest BCUT2D eigenvalue weighted by Gasteiger charge is 2.23. The van der Waals surface area contributed by atoms with Gasteiger partial charge < -0.3 is 10.0 Å². The summed E-state index contributed by atoms with van der Waals surface area (Å²) >= 11 is 5.87. The number of pyridine rings is 1. The minimum absolute atomic E-state index is 0.231. The molecule has 0 atom stereocenters. The van der Waals surface area contributed by atoms with E-state index in [0.717, 1.165) is 31.8 Å². The number of nitrogens with zero attached hydrogens (tertiary/aromatic N) is 2. The summed E-state index contributed by atoms with van der Waals surface area (Å²) in [7, 11) is 0. The van der Waals surface area contributed by atoms with E-state index in [1.54, 1.807) is 0 Å². The smallest absolute Gasteiger partial charge is 0.339 e. The van der Waals surface area contributed by atoms with Crippen molar-refractivity contribution in [3.8, 4) is 0 Å². The summed E-state index contributed by atoms with van der Waals surface area (Å²) in [6.07, 6.45) is 3.36. The Bertz CT molecular complexity index is 443. The van der Waals surface area contributed by atoms with Crippen LogP contribution in [-0.4, -0.2) is 29.1 Å². The maximum absolute atomic E-state index is 11.2. The number of aromatic nitrogens is 1. The number of carboxylic acids is 1. The zero-order valence-corrected chi connectivity index (χ0v) is 11.2. The molecule has 1 aromatic heterocycles. The Kier molecular flexibility index (Phi) is 4.07. The average molecular weight is 269 g/mol. The minimum Gasteiger partial charge on any atom is -0.478 e. The maximum atomic E-state index is 11.2. The lowest BCUT2D eigenvalue weighted by Crippen LogP contribution is -2.35. The number of anilines is 1. The molecule has 1 aliphatic heterocycles. The van der Waals surface area contributed by atoms with Crippen molar-refractivity contribution in [3.63, 3.8) is 0 Å². The number of hydrogen-bond donors (Lipinski definition) is 1.